The van der Waals surface area contributed by atoms with Gasteiger partial charge < -0.3 is 14.9 Å². The molecule has 0 bridgehead atoms. The maximum atomic E-state index is 10.6. The van der Waals surface area contributed by atoms with E-state index in [4.69, 9.17) is 9.97 Å². The van der Waals surface area contributed by atoms with Gasteiger partial charge in [-0.05, 0) is 32.6 Å². The van der Waals surface area contributed by atoms with E-state index < -0.39 is 5.60 Å². The van der Waals surface area contributed by atoms with Crippen molar-refractivity contribution in [2.24, 2.45) is 0 Å². The van der Waals surface area contributed by atoms with Crippen LogP contribution in [0.4, 0.5) is 11.8 Å². The molecule has 3 heterocycles. The molecule has 0 aromatic carbocycles. The van der Waals surface area contributed by atoms with Crippen LogP contribution < -0.4 is 9.80 Å². The van der Waals surface area contributed by atoms with E-state index in [-0.39, 0.29) is 0 Å². The van der Waals surface area contributed by atoms with Crippen LogP contribution in [-0.2, 0) is 0 Å². The topological polar surface area (TPSA) is 55.7 Å². The second-order valence-corrected chi connectivity index (χ2v) is 8.06. The summed E-state index contributed by atoms with van der Waals surface area (Å²) in [5.74, 6) is 1.96. The minimum atomic E-state index is -0.440. The number of anilines is 2. The Labute approximate surface area is 150 Å². The van der Waals surface area contributed by atoms with Gasteiger partial charge in [-0.1, -0.05) is 12.8 Å². The molecular formula is C19H31N5O. The number of hydrogen-bond acceptors (Lipinski definition) is 6. The van der Waals surface area contributed by atoms with Crippen molar-refractivity contribution in [2.75, 3.05) is 55.6 Å². The van der Waals surface area contributed by atoms with Crippen molar-refractivity contribution in [2.45, 2.75) is 51.0 Å². The second kappa shape index (κ2) is 7.08. The van der Waals surface area contributed by atoms with Crippen LogP contribution in [0.25, 0.3) is 0 Å². The molecule has 0 atom stereocenters. The van der Waals surface area contributed by atoms with E-state index in [2.05, 4.69) is 27.7 Å². The van der Waals surface area contributed by atoms with Crippen LogP contribution in [0, 0.1) is 6.92 Å². The monoisotopic (exact) mass is 345 g/mol. The first-order valence-electron chi connectivity index (χ1n) is 9.92. The predicted octanol–water partition coefficient (Wildman–Crippen LogP) is 1.81. The zero-order chi connectivity index (χ0) is 17.3. The SMILES string of the molecule is Cc1cc(N2CCCC2)nc(N2CCN(CC3(O)CCCC3)CC2)n1. The zero-order valence-corrected chi connectivity index (χ0v) is 15.5. The third-order valence-corrected chi connectivity index (χ3v) is 5.97. The van der Waals surface area contributed by atoms with Gasteiger partial charge in [-0.15, -0.1) is 0 Å². The van der Waals surface area contributed by atoms with Gasteiger partial charge in [-0.3, -0.25) is 4.90 Å². The van der Waals surface area contributed by atoms with Gasteiger partial charge in [0.05, 0.1) is 5.60 Å². The largest absolute Gasteiger partial charge is 0.389 e. The van der Waals surface area contributed by atoms with Crippen molar-refractivity contribution >= 4 is 11.8 Å². The van der Waals surface area contributed by atoms with Crippen LogP contribution >= 0.6 is 0 Å². The summed E-state index contributed by atoms with van der Waals surface area (Å²) in [5, 5.41) is 10.6. The van der Waals surface area contributed by atoms with E-state index in [1.807, 2.05) is 0 Å². The third kappa shape index (κ3) is 3.90. The number of aromatic nitrogens is 2. The number of nitrogens with zero attached hydrogens (tertiary/aromatic N) is 5. The lowest BCUT2D eigenvalue weighted by molar-refractivity contribution is 0.00796. The molecule has 6 heteroatoms. The van der Waals surface area contributed by atoms with Crippen LogP contribution in [0.5, 0.6) is 0 Å². The van der Waals surface area contributed by atoms with Crippen LogP contribution in [0.1, 0.15) is 44.2 Å². The molecule has 1 aromatic rings. The fourth-order valence-corrected chi connectivity index (χ4v) is 4.50. The summed E-state index contributed by atoms with van der Waals surface area (Å²) in [6, 6.07) is 2.11. The van der Waals surface area contributed by atoms with Crippen LogP contribution in [-0.4, -0.2) is 71.4 Å². The highest BCUT2D eigenvalue weighted by Gasteiger charge is 2.34. The fourth-order valence-electron chi connectivity index (χ4n) is 4.50. The molecule has 0 radical (unpaired) electrons. The molecule has 3 aliphatic rings. The molecular weight excluding hydrogens is 314 g/mol. The number of piperazine rings is 1. The van der Waals surface area contributed by atoms with Crippen molar-refractivity contribution < 1.29 is 5.11 Å². The summed E-state index contributed by atoms with van der Waals surface area (Å²) >= 11 is 0. The van der Waals surface area contributed by atoms with Crippen molar-refractivity contribution in [3.05, 3.63) is 11.8 Å². The standard InChI is InChI=1S/C19H31N5O/c1-16-14-17(23-8-4-5-9-23)21-18(20-16)24-12-10-22(11-13-24)15-19(25)6-2-3-7-19/h14,25H,2-13,15H2,1H3. The predicted molar refractivity (Wildman–Crippen MR) is 100 cm³/mol. The maximum Gasteiger partial charge on any atom is 0.227 e. The minimum absolute atomic E-state index is 0.440. The lowest BCUT2D eigenvalue weighted by Crippen LogP contribution is -2.51. The Morgan fingerprint density at radius 2 is 1.60 bits per heavy atom. The molecule has 6 nitrogen and oxygen atoms in total. The van der Waals surface area contributed by atoms with Crippen molar-refractivity contribution in [1.82, 2.24) is 14.9 Å². The number of β-amino-alcohol motifs (C(OH)–C–C–N with tert-alkyl or cyclic N) is 1. The average Bonchev–Trinajstić information content (AvgIpc) is 3.27. The molecule has 2 aliphatic heterocycles. The average molecular weight is 345 g/mol. The fraction of sp³-hybridized carbons (Fsp3) is 0.789. The van der Waals surface area contributed by atoms with Crippen LogP contribution in [0.15, 0.2) is 6.07 Å². The first-order valence-corrected chi connectivity index (χ1v) is 9.92. The molecule has 2 saturated heterocycles. The third-order valence-electron chi connectivity index (χ3n) is 5.97. The molecule has 0 unspecified atom stereocenters. The van der Waals surface area contributed by atoms with E-state index >= 15 is 0 Å². The Kier molecular flexibility index (Phi) is 4.82. The molecule has 0 amide bonds. The van der Waals surface area contributed by atoms with Gasteiger partial charge in [0, 0.05) is 57.6 Å². The Balaban J connectivity index is 1.38. The molecule has 3 fully saturated rings. The van der Waals surface area contributed by atoms with E-state index in [0.29, 0.717) is 0 Å². The first kappa shape index (κ1) is 17.0. The highest BCUT2D eigenvalue weighted by molar-refractivity contribution is 5.46. The summed E-state index contributed by atoms with van der Waals surface area (Å²) in [4.78, 5) is 16.6. The quantitative estimate of drug-likeness (QED) is 0.898. The van der Waals surface area contributed by atoms with Gasteiger partial charge in [0.2, 0.25) is 5.95 Å². The molecule has 1 N–H and O–H groups in total. The summed E-state index contributed by atoms with van der Waals surface area (Å²) in [6.07, 6.45) is 6.81. The van der Waals surface area contributed by atoms with E-state index in [0.717, 1.165) is 76.1 Å². The van der Waals surface area contributed by atoms with Gasteiger partial charge >= 0.3 is 0 Å². The molecule has 1 aliphatic carbocycles. The summed E-state index contributed by atoms with van der Waals surface area (Å²) in [5.41, 5.74) is 0.611. The molecule has 0 spiro atoms. The van der Waals surface area contributed by atoms with Gasteiger partial charge in [0.1, 0.15) is 5.82 Å². The van der Waals surface area contributed by atoms with Crippen LogP contribution in [0.2, 0.25) is 0 Å². The van der Waals surface area contributed by atoms with Gasteiger partial charge in [0.25, 0.3) is 0 Å². The highest BCUT2D eigenvalue weighted by Crippen LogP contribution is 2.30. The first-order chi connectivity index (χ1) is 12.1. The van der Waals surface area contributed by atoms with Crippen molar-refractivity contribution in [3.63, 3.8) is 0 Å². The Bertz CT molecular complexity index is 587. The molecule has 4 rings (SSSR count). The molecule has 1 saturated carbocycles. The number of aryl methyl sites for hydroxylation is 1. The Morgan fingerprint density at radius 1 is 0.920 bits per heavy atom. The number of hydrogen-bond donors (Lipinski definition) is 1. The zero-order valence-electron chi connectivity index (χ0n) is 15.5. The summed E-state index contributed by atoms with van der Waals surface area (Å²) < 4.78 is 0. The van der Waals surface area contributed by atoms with Crippen LogP contribution in [0.3, 0.4) is 0 Å². The lowest BCUT2D eigenvalue weighted by Gasteiger charge is -2.38. The van der Waals surface area contributed by atoms with Gasteiger partial charge in [-0.25, -0.2) is 4.98 Å². The summed E-state index contributed by atoms with van der Waals surface area (Å²) in [6.45, 7) is 8.98. The van der Waals surface area contributed by atoms with E-state index in [1.165, 1.54) is 25.7 Å². The van der Waals surface area contributed by atoms with Gasteiger partial charge in [-0.2, -0.15) is 4.98 Å². The Hall–Kier alpha value is -1.40. The number of aliphatic hydroxyl groups is 1. The summed E-state index contributed by atoms with van der Waals surface area (Å²) in [7, 11) is 0. The molecule has 1 aromatic heterocycles. The normalized spacial score (nSPS) is 24.2. The van der Waals surface area contributed by atoms with Crippen molar-refractivity contribution in [1.29, 1.82) is 0 Å². The van der Waals surface area contributed by atoms with E-state index in [1.54, 1.807) is 0 Å². The number of rotatable bonds is 4. The van der Waals surface area contributed by atoms with Gasteiger partial charge in [0.15, 0.2) is 0 Å². The van der Waals surface area contributed by atoms with E-state index in [9.17, 15) is 5.11 Å². The van der Waals surface area contributed by atoms with Crippen molar-refractivity contribution in [3.8, 4) is 0 Å². The smallest absolute Gasteiger partial charge is 0.227 e. The minimum Gasteiger partial charge on any atom is -0.389 e. The highest BCUT2D eigenvalue weighted by atomic mass is 16.3. The Morgan fingerprint density at radius 3 is 2.28 bits per heavy atom. The second-order valence-electron chi connectivity index (χ2n) is 8.06. The molecule has 25 heavy (non-hydrogen) atoms. The molecule has 138 valence electrons. The maximum absolute atomic E-state index is 10.6. The lowest BCUT2D eigenvalue weighted by atomic mass is 10.0.